The predicted octanol–water partition coefficient (Wildman–Crippen LogP) is 5.88. The van der Waals surface area contributed by atoms with Gasteiger partial charge in [-0.25, -0.2) is 0 Å². The van der Waals surface area contributed by atoms with Gasteiger partial charge in [-0.05, 0) is 55.6 Å². The molecule has 0 radical (unpaired) electrons. The van der Waals surface area contributed by atoms with Crippen LogP contribution in [0.15, 0.2) is 52.3 Å². The summed E-state index contributed by atoms with van der Waals surface area (Å²) in [5.41, 5.74) is 3.14. The standard InChI is InChI=1S/C25H24N2O4S2/c1-13-2-4-14(5-3-13)12-31-19-9-8-17(27(29)30)11-18(19)21-20-15-6-7-16(10-15)22(20)32-24-23(21)33-25(28)26-24/h2-5,8-9,11,15-16,20-22H,6-7,10,12H2,1H3,(H,26,28)/t15-,16-,20+,21-,22-/m0/s1. The number of benzene rings is 2. The van der Waals surface area contributed by atoms with Gasteiger partial charge >= 0.3 is 4.87 Å². The number of thioether (sulfide) groups is 1. The first kappa shape index (κ1) is 21.0. The van der Waals surface area contributed by atoms with Gasteiger partial charge in [0.05, 0.1) is 9.95 Å². The van der Waals surface area contributed by atoms with Crippen molar-refractivity contribution < 1.29 is 9.66 Å². The predicted molar refractivity (Wildman–Crippen MR) is 129 cm³/mol. The van der Waals surface area contributed by atoms with Gasteiger partial charge in [-0.2, -0.15) is 0 Å². The largest absolute Gasteiger partial charge is 0.489 e. The van der Waals surface area contributed by atoms with Crippen LogP contribution < -0.4 is 9.61 Å². The molecule has 2 bridgehead atoms. The third-order valence-electron chi connectivity index (χ3n) is 7.52. The van der Waals surface area contributed by atoms with Gasteiger partial charge in [0.2, 0.25) is 0 Å². The highest BCUT2D eigenvalue weighted by molar-refractivity contribution is 8.00. The number of fused-ring (bicyclic) bond motifs is 6. The van der Waals surface area contributed by atoms with Gasteiger partial charge in [-0.15, -0.1) is 11.8 Å². The molecule has 5 atom stereocenters. The molecule has 0 amide bonds. The molecule has 2 saturated carbocycles. The number of ether oxygens (including phenoxy) is 1. The molecule has 1 aliphatic heterocycles. The fourth-order valence-electron chi connectivity index (χ4n) is 6.07. The Morgan fingerprint density at radius 2 is 1.94 bits per heavy atom. The number of hydrogen-bond donors (Lipinski definition) is 1. The van der Waals surface area contributed by atoms with E-state index in [9.17, 15) is 14.9 Å². The smallest absolute Gasteiger partial charge is 0.305 e. The van der Waals surface area contributed by atoms with Gasteiger partial charge in [0.15, 0.2) is 0 Å². The van der Waals surface area contributed by atoms with Crippen LogP contribution in [0.2, 0.25) is 0 Å². The molecular weight excluding hydrogens is 456 g/mol. The zero-order chi connectivity index (χ0) is 22.7. The summed E-state index contributed by atoms with van der Waals surface area (Å²) in [6.07, 6.45) is 3.65. The lowest BCUT2D eigenvalue weighted by molar-refractivity contribution is -0.385. The quantitative estimate of drug-likeness (QED) is 0.364. The van der Waals surface area contributed by atoms with E-state index in [2.05, 4.69) is 17.1 Å². The molecule has 8 heteroatoms. The molecule has 170 valence electrons. The van der Waals surface area contributed by atoms with Gasteiger partial charge in [0.25, 0.3) is 5.69 Å². The highest BCUT2D eigenvalue weighted by atomic mass is 32.2. The molecule has 2 aromatic carbocycles. The summed E-state index contributed by atoms with van der Waals surface area (Å²) in [6.45, 7) is 2.44. The summed E-state index contributed by atoms with van der Waals surface area (Å²) in [5, 5.41) is 13.1. The average Bonchev–Trinajstić information content (AvgIpc) is 3.51. The number of aryl methyl sites for hydroxylation is 1. The number of rotatable bonds is 5. The minimum absolute atomic E-state index is 0.0570. The van der Waals surface area contributed by atoms with Crippen LogP contribution in [-0.4, -0.2) is 15.2 Å². The molecule has 33 heavy (non-hydrogen) atoms. The number of H-pyrrole nitrogens is 1. The molecule has 6 rings (SSSR count). The van der Waals surface area contributed by atoms with Crippen LogP contribution >= 0.6 is 23.1 Å². The van der Waals surface area contributed by atoms with Crippen molar-refractivity contribution in [1.29, 1.82) is 0 Å². The van der Waals surface area contributed by atoms with E-state index in [1.165, 1.54) is 42.2 Å². The lowest BCUT2D eigenvalue weighted by Gasteiger charge is -2.40. The Bertz CT molecular complexity index is 1280. The molecular formula is C25H24N2O4S2. The van der Waals surface area contributed by atoms with Gasteiger partial charge < -0.3 is 9.72 Å². The van der Waals surface area contributed by atoms with Crippen molar-refractivity contribution in [3.63, 3.8) is 0 Å². The number of nitrogens with zero attached hydrogens (tertiary/aromatic N) is 1. The average molecular weight is 481 g/mol. The zero-order valence-electron chi connectivity index (χ0n) is 18.2. The summed E-state index contributed by atoms with van der Waals surface area (Å²) in [4.78, 5) is 27.7. The molecule has 6 nitrogen and oxygen atoms in total. The second-order valence-electron chi connectivity index (χ2n) is 9.43. The van der Waals surface area contributed by atoms with Crippen molar-refractivity contribution in [1.82, 2.24) is 4.98 Å². The van der Waals surface area contributed by atoms with Gasteiger partial charge in [0, 0.05) is 33.7 Å². The Labute approximate surface area is 199 Å². The number of aromatic nitrogens is 1. The number of thiazole rings is 1. The molecule has 0 unspecified atom stereocenters. The number of non-ortho nitro benzene ring substituents is 1. The van der Waals surface area contributed by atoms with E-state index in [0.717, 1.165) is 21.0 Å². The number of hydrogen-bond acceptors (Lipinski definition) is 6. The van der Waals surface area contributed by atoms with Crippen molar-refractivity contribution >= 4 is 28.8 Å². The fraction of sp³-hybridized carbons (Fsp3) is 0.400. The van der Waals surface area contributed by atoms with Crippen molar-refractivity contribution in [2.24, 2.45) is 17.8 Å². The summed E-state index contributed by atoms with van der Waals surface area (Å²) in [6, 6.07) is 13.1. The maximum atomic E-state index is 12.3. The molecule has 2 heterocycles. The monoisotopic (exact) mass is 480 g/mol. The van der Waals surface area contributed by atoms with E-state index >= 15 is 0 Å². The van der Waals surface area contributed by atoms with E-state index in [0.29, 0.717) is 35.4 Å². The molecule has 1 aromatic heterocycles. The Morgan fingerprint density at radius 3 is 2.73 bits per heavy atom. The van der Waals surface area contributed by atoms with E-state index in [-0.39, 0.29) is 21.4 Å². The van der Waals surface area contributed by atoms with Crippen LogP contribution in [0.1, 0.15) is 46.7 Å². The van der Waals surface area contributed by atoms with Crippen LogP contribution in [0.25, 0.3) is 0 Å². The second kappa shape index (κ2) is 8.02. The number of nitrogens with one attached hydrogen (secondary N) is 1. The Balaban J connectivity index is 1.44. The zero-order valence-corrected chi connectivity index (χ0v) is 19.8. The van der Waals surface area contributed by atoms with Crippen LogP contribution in [0, 0.1) is 34.8 Å². The second-order valence-corrected chi connectivity index (χ2v) is 11.6. The normalized spacial score (nSPS) is 27.2. The van der Waals surface area contributed by atoms with Crippen molar-refractivity contribution in [2.45, 2.75) is 49.0 Å². The lowest BCUT2D eigenvalue weighted by atomic mass is 9.74. The molecule has 0 spiro atoms. The Hall–Kier alpha value is -2.58. The van der Waals surface area contributed by atoms with Crippen LogP contribution in [-0.2, 0) is 6.61 Å². The van der Waals surface area contributed by atoms with Crippen molar-refractivity contribution in [2.75, 3.05) is 0 Å². The molecule has 3 aromatic rings. The fourth-order valence-corrected chi connectivity index (χ4v) is 8.95. The van der Waals surface area contributed by atoms with E-state index < -0.39 is 0 Å². The van der Waals surface area contributed by atoms with Crippen molar-refractivity contribution in [3.8, 4) is 5.75 Å². The SMILES string of the molecule is Cc1ccc(COc2ccc([N+](=O)[O-])cc2[C@@H]2c3sc(=O)[nH]c3S[C@H]3[C@H]4CC[C@@H](C4)[C@H]23)cc1. The minimum Gasteiger partial charge on any atom is -0.489 e. The van der Waals surface area contributed by atoms with E-state index in [1.807, 2.05) is 30.8 Å². The summed E-state index contributed by atoms with van der Waals surface area (Å²) < 4.78 is 6.29. The molecule has 2 aliphatic carbocycles. The topological polar surface area (TPSA) is 85.2 Å². The first-order valence-corrected chi connectivity index (χ1v) is 13.0. The molecule has 0 saturated heterocycles. The third kappa shape index (κ3) is 3.60. The summed E-state index contributed by atoms with van der Waals surface area (Å²) in [7, 11) is 0. The van der Waals surface area contributed by atoms with Gasteiger partial charge in [-0.3, -0.25) is 14.9 Å². The summed E-state index contributed by atoms with van der Waals surface area (Å²) in [5.74, 6) is 2.23. The Morgan fingerprint density at radius 1 is 1.15 bits per heavy atom. The van der Waals surface area contributed by atoms with Crippen LogP contribution in [0.4, 0.5) is 5.69 Å². The number of aromatic amines is 1. The lowest BCUT2D eigenvalue weighted by Crippen LogP contribution is -2.33. The van der Waals surface area contributed by atoms with Gasteiger partial charge in [0.1, 0.15) is 12.4 Å². The maximum Gasteiger partial charge on any atom is 0.305 e. The molecule has 2 fully saturated rings. The highest BCUT2D eigenvalue weighted by Gasteiger charge is 2.55. The van der Waals surface area contributed by atoms with E-state index in [1.54, 1.807) is 12.1 Å². The summed E-state index contributed by atoms with van der Waals surface area (Å²) >= 11 is 3.07. The van der Waals surface area contributed by atoms with Crippen LogP contribution in [0.3, 0.4) is 0 Å². The number of nitro benzene ring substituents is 1. The molecule has 1 N–H and O–H groups in total. The van der Waals surface area contributed by atoms with Crippen LogP contribution in [0.5, 0.6) is 5.75 Å². The van der Waals surface area contributed by atoms with E-state index in [4.69, 9.17) is 4.74 Å². The van der Waals surface area contributed by atoms with Gasteiger partial charge in [-0.1, -0.05) is 41.2 Å². The molecule has 3 aliphatic rings. The highest BCUT2D eigenvalue weighted by Crippen LogP contribution is 2.64. The first-order valence-electron chi connectivity index (χ1n) is 11.3. The minimum atomic E-state index is -0.344. The Kier molecular flexibility index (Phi) is 5.10. The maximum absolute atomic E-state index is 12.3. The first-order chi connectivity index (χ1) is 16.0. The number of nitro groups is 1. The van der Waals surface area contributed by atoms with Crippen molar-refractivity contribution in [3.05, 3.63) is 83.8 Å². The third-order valence-corrected chi connectivity index (χ3v) is 10.1.